The zero-order valence-corrected chi connectivity index (χ0v) is 15.3. The molecule has 5 heteroatoms. The van der Waals surface area contributed by atoms with Crippen LogP contribution in [0.1, 0.15) is 21.5 Å². The Labute approximate surface area is 162 Å². The molecule has 0 spiro atoms. The van der Waals surface area contributed by atoms with E-state index < -0.39 is 17.6 Å². The zero-order valence-electron chi connectivity index (χ0n) is 15.3. The van der Waals surface area contributed by atoms with Crippen molar-refractivity contribution >= 4 is 23.6 Å². The van der Waals surface area contributed by atoms with Crippen molar-refractivity contribution in [1.82, 2.24) is 5.32 Å². The van der Waals surface area contributed by atoms with Gasteiger partial charge in [-0.15, -0.1) is 0 Å². The maximum Gasteiger partial charge on any atom is 0.272 e. The van der Waals surface area contributed by atoms with E-state index in [9.17, 15) is 14.0 Å². The predicted molar refractivity (Wildman–Crippen MR) is 108 cm³/mol. The summed E-state index contributed by atoms with van der Waals surface area (Å²) >= 11 is 0. The number of halogens is 1. The normalized spacial score (nSPS) is 11.0. The average Bonchev–Trinajstić information content (AvgIpc) is 2.69. The van der Waals surface area contributed by atoms with Crippen LogP contribution in [0.5, 0.6) is 0 Å². The van der Waals surface area contributed by atoms with E-state index >= 15 is 0 Å². The summed E-state index contributed by atoms with van der Waals surface area (Å²) < 4.78 is 14.1. The maximum atomic E-state index is 14.1. The van der Waals surface area contributed by atoms with E-state index in [0.717, 1.165) is 5.56 Å². The number of aryl methyl sites for hydroxylation is 1. The van der Waals surface area contributed by atoms with Gasteiger partial charge in [-0.2, -0.15) is 0 Å². The minimum atomic E-state index is -0.543. The number of benzene rings is 3. The molecule has 0 aromatic heterocycles. The highest BCUT2D eigenvalue weighted by Gasteiger charge is 2.15. The molecule has 0 aliphatic heterocycles. The van der Waals surface area contributed by atoms with Crippen LogP contribution in [0.15, 0.2) is 84.6 Å². The lowest BCUT2D eigenvalue weighted by Crippen LogP contribution is -2.30. The van der Waals surface area contributed by atoms with Crippen LogP contribution in [-0.2, 0) is 4.79 Å². The number of hydrogen-bond acceptors (Lipinski definition) is 2. The van der Waals surface area contributed by atoms with Gasteiger partial charge in [-0.05, 0) is 48.9 Å². The molecule has 0 atom stereocenters. The summed E-state index contributed by atoms with van der Waals surface area (Å²) in [6.07, 6.45) is 1.32. The molecule has 140 valence electrons. The molecule has 2 N–H and O–H groups in total. The van der Waals surface area contributed by atoms with Crippen molar-refractivity contribution in [2.45, 2.75) is 6.92 Å². The molecule has 2 amide bonds. The van der Waals surface area contributed by atoms with E-state index in [-0.39, 0.29) is 11.3 Å². The van der Waals surface area contributed by atoms with E-state index in [4.69, 9.17) is 0 Å². The summed E-state index contributed by atoms with van der Waals surface area (Å²) in [4.78, 5) is 25.3. The highest BCUT2D eigenvalue weighted by molar-refractivity contribution is 6.10. The quantitative estimate of drug-likeness (QED) is 0.644. The molecule has 0 saturated carbocycles. The first-order chi connectivity index (χ1) is 13.5. The van der Waals surface area contributed by atoms with Crippen LogP contribution in [-0.4, -0.2) is 11.8 Å². The predicted octanol–water partition coefficient (Wildman–Crippen LogP) is 4.54. The van der Waals surface area contributed by atoms with E-state index in [1.165, 1.54) is 18.2 Å². The van der Waals surface area contributed by atoms with E-state index in [1.54, 1.807) is 54.6 Å². The first-order valence-electron chi connectivity index (χ1n) is 8.73. The molecule has 3 rings (SSSR count). The molecule has 0 heterocycles. The van der Waals surface area contributed by atoms with Gasteiger partial charge in [0.25, 0.3) is 11.8 Å². The second-order valence-corrected chi connectivity index (χ2v) is 6.22. The lowest BCUT2D eigenvalue weighted by Gasteiger charge is -2.12. The number of amides is 2. The van der Waals surface area contributed by atoms with Gasteiger partial charge in [0.1, 0.15) is 11.5 Å². The number of carbonyl (C=O) groups excluding carboxylic acids is 2. The van der Waals surface area contributed by atoms with E-state index in [1.807, 2.05) is 19.1 Å². The lowest BCUT2D eigenvalue weighted by molar-refractivity contribution is -0.113. The number of rotatable bonds is 5. The Balaban J connectivity index is 1.91. The number of hydrogen-bond donors (Lipinski definition) is 2. The van der Waals surface area contributed by atoms with Gasteiger partial charge in [0.05, 0.1) is 0 Å². The fourth-order valence-electron chi connectivity index (χ4n) is 2.61. The van der Waals surface area contributed by atoms with Gasteiger partial charge in [0.15, 0.2) is 0 Å². The molecule has 0 bridgehead atoms. The van der Waals surface area contributed by atoms with E-state index in [0.29, 0.717) is 11.3 Å². The van der Waals surface area contributed by atoms with Gasteiger partial charge < -0.3 is 10.6 Å². The maximum absolute atomic E-state index is 14.1. The Bertz CT molecular complexity index is 1030. The standard InChI is InChI=1S/C23H19FN2O2/c1-16-8-7-12-19(14-16)25-23(28)21(15-18-11-5-6-13-20(18)24)26-22(27)17-9-3-2-4-10-17/h2-15H,1H3,(H,25,28)(H,26,27). The summed E-state index contributed by atoms with van der Waals surface area (Å²) in [5.74, 6) is -1.49. The van der Waals surface area contributed by atoms with Crippen LogP contribution in [0.3, 0.4) is 0 Å². The average molecular weight is 374 g/mol. The third-order valence-electron chi connectivity index (χ3n) is 4.01. The summed E-state index contributed by atoms with van der Waals surface area (Å²) in [7, 11) is 0. The number of carbonyl (C=O) groups is 2. The minimum absolute atomic E-state index is 0.0551. The van der Waals surface area contributed by atoms with Crippen molar-refractivity contribution in [2.75, 3.05) is 5.32 Å². The summed E-state index contributed by atoms with van der Waals surface area (Å²) in [6.45, 7) is 1.91. The van der Waals surface area contributed by atoms with Crippen LogP contribution >= 0.6 is 0 Å². The van der Waals surface area contributed by atoms with Crippen molar-refractivity contribution in [3.05, 3.63) is 107 Å². The molecule has 0 radical (unpaired) electrons. The van der Waals surface area contributed by atoms with Crippen LogP contribution < -0.4 is 10.6 Å². The SMILES string of the molecule is Cc1cccc(NC(=O)C(=Cc2ccccc2F)NC(=O)c2ccccc2)c1. The largest absolute Gasteiger partial charge is 0.321 e. The molecular weight excluding hydrogens is 355 g/mol. The van der Waals surface area contributed by atoms with Crippen molar-refractivity contribution in [3.8, 4) is 0 Å². The Morgan fingerprint density at radius 1 is 0.893 bits per heavy atom. The molecule has 0 unspecified atom stereocenters. The van der Waals surface area contributed by atoms with Crippen molar-refractivity contribution in [2.24, 2.45) is 0 Å². The smallest absolute Gasteiger partial charge is 0.272 e. The molecule has 3 aromatic rings. The Morgan fingerprint density at radius 2 is 1.61 bits per heavy atom. The second kappa shape index (κ2) is 8.77. The Morgan fingerprint density at radius 3 is 2.32 bits per heavy atom. The first-order valence-corrected chi connectivity index (χ1v) is 8.73. The van der Waals surface area contributed by atoms with Crippen molar-refractivity contribution in [1.29, 1.82) is 0 Å². The van der Waals surface area contributed by atoms with Gasteiger partial charge in [0, 0.05) is 16.8 Å². The fraction of sp³-hybridized carbons (Fsp3) is 0.0435. The summed E-state index contributed by atoms with van der Waals surface area (Å²) in [5, 5.41) is 5.32. The topological polar surface area (TPSA) is 58.2 Å². The van der Waals surface area contributed by atoms with Gasteiger partial charge >= 0.3 is 0 Å². The monoisotopic (exact) mass is 374 g/mol. The molecule has 0 aliphatic rings. The van der Waals surface area contributed by atoms with Gasteiger partial charge in [-0.1, -0.05) is 48.5 Å². The molecule has 4 nitrogen and oxygen atoms in total. The van der Waals surface area contributed by atoms with Crippen LogP contribution in [0.4, 0.5) is 10.1 Å². The van der Waals surface area contributed by atoms with Crippen molar-refractivity contribution < 1.29 is 14.0 Å². The Kier molecular flexibility index (Phi) is 5.97. The zero-order chi connectivity index (χ0) is 19.9. The van der Waals surface area contributed by atoms with Crippen molar-refractivity contribution in [3.63, 3.8) is 0 Å². The highest BCUT2D eigenvalue weighted by Crippen LogP contribution is 2.14. The summed E-state index contributed by atoms with van der Waals surface area (Å²) in [6, 6.07) is 21.8. The second-order valence-electron chi connectivity index (χ2n) is 6.22. The minimum Gasteiger partial charge on any atom is -0.321 e. The third kappa shape index (κ3) is 4.92. The fourth-order valence-corrected chi connectivity index (χ4v) is 2.61. The van der Waals surface area contributed by atoms with Gasteiger partial charge in [-0.3, -0.25) is 9.59 Å². The molecule has 0 fully saturated rings. The number of anilines is 1. The molecule has 0 saturated heterocycles. The number of nitrogens with one attached hydrogen (secondary N) is 2. The van der Waals surface area contributed by atoms with Crippen LogP contribution in [0, 0.1) is 12.7 Å². The third-order valence-corrected chi connectivity index (χ3v) is 4.01. The first kappa shape index (κ1) is 19.0. The molecular formula is C23H19FN2O2. The van der Waals surface area contributed by atoms with E-state index in [2.05, 4.69) is 10.6 Å². The highest BCUT2D eigenvalue weighted by atomic mass is 19.1. The van der Waals surface area contributed by atoms with Crippen LogP contribution in [0.25, 0.3) is 6.08 Å². The lowest BCUT2D eigenvalue weighted by atomic mass is 10.1. The van der Waals surface area contributed by atoms with Gasteiger partial charge in [0.2, 0.25) is 0 Å². The summed E-state index contributed by atoms with van der Waals surface area (Å²) in [5.41, 5.74) is 2.10. The molecule has 3 aromatic carbocycles. The van der Waals surface area contributed by atoms with Crippen LogP contribution in [0.2, 0.25) is 0 Å². The molecule has 28 heavy (non-hydrogen) atoms. The molecule has 0 aliphatic carbocycles. The Hall–Kier alpha value is -3.73. The van der Waals surface area contributed by atoms with Gasteiger partial charge in [-0.25, -0.2) is 4.39 Å².